The molecule has 2 aliphatic rings. The lowest BCUT2D eigenvalue weighted by molar-refractivity contribution is -0.142. The molecule has 2 saturated carbocycles. The third kappa shape index (κ3) is 17.0. The molecule has 3 atom stereocenters. The summed E-state index contributed by atoms with van der Waals surface area (Å²) in [6.07, 6.45) is 26.7. The van der Waals surface area contributed by atoms with Crippen LogP contribution in [0.4, 0.5) is 0 Å². The Hall–Kier alpha value is -1.14. The van der Waals surface area contributed by atoms with E-state index in [9.17, 15) is 9.59 Å². The van der Waals surface area contributed by atoms with E-state index in [1.165, 1.54) is 83.5 Å². The number of hydrogen-bond donors (Lipinski definition) is 1. The Kier molecular flexibility index (Phi) is 20.7. The number of nitrogens with one attached hydrogen (secondary N) is 1. The first kappa shape index (κ1) is 40.0. The fourth-order valence-corrected chi connectivity index (χ4v) is 8.53. The average Bonchev–Trinajstić information content (AvgIpc) is 2.97. The Morgan fingerprint density at radius 1 is 0.778 bits per heavy atom. The molecule has 45 heavy (non-hydrogen) atoms. The summed E-state index contributed by atoms with van der Waals surface area (Å²) in [7, 11) is 5.92. The predicted octanol–water partition coefficient (Wildman–Crippen LogP) is 9.15. The van der Waals surface area contributed by atoms with Gasteiger partial charge < -0.3 is 19.9 Å². The first-order valence-electron chi connectivity index (χ1n) is 19.4. The minimum absolute atomic E-state index is 0.0881. The second-order valence-electron chi connectivity index (χ2n) is 15.7. The molecule has 0 aromatic carbocycles. The van der Waals surface area contributed by atoms with Gasteiger partial charge in [0.2, 0.25) is 11.8 Å². The van der Waals surface area contributed by atoms with Gasteiger partial charge in [-0.15, -0.1) is 0 Å². The highest BCUT2D eigenvalue weighted by molar-refractivity contribution is 5.88. The number of unbranched alkanes of at least 4 members (excludes halogenated alkanes) is 13. The van der Waals surface area contributed by atoms with Crippen molar-refractivity contribution in [3.05, 3.63) is 0 Å². The third-order valence-electron chi connectivity index (χ3n) is 10.6. The van der Waals surface area contributed by atoms with Gasteiger partial charge in [0.1, 0.15) is 6.04 Å². The first-order chi connectivity index (χ1) is 21.7. The van der Waals surface area contributed by atoms with Gasteiger partial charge in [-0.1, -0.05) is 97.3 Å². The van der Waals surface area contributed by atoms with E-state index in [-0.39, 0.29) is 23.4 Å². The van der Waals surface area contributed by atoms with Crippen LogP contribution in [0, 0.1) is 17.8 Å². The number of carbonyl (C=O) groups excluding carboxylic acids is 2. The summed E-state index contributed by atoms with van der Waals surface area (Å²) in [6, 6.07) is -0.378. The monoisotopic (exact) mass is 634 g/mol. The molecule has 3 unspecified atom stereocenters. The molecule has 264 valence electrons. The summed E-state index contributed by atoms with van der Waals surface area (Å²) < 4.78 is 5.28. The molecule has 0 spiro atoms. The quantitative estimate of drug-likeness (QED) is 0.0965. The smallest absolute Gasteiger partial charge is 0.243 e. The lowest BCUT2D eigenvalue weighted by Crippen LogP contribution is -2.58. The van der Waals surface area contributed by atoms with Crippen molar-refractivity contribution in [3.8, 4) is 0 Å². The molecule has 2 rings (SSSR count). The van der Waals surface area contributed by atoms with Gasteiger partial charge in [-0.25, -0.2) is 0 Å². The number of nitrogens with zero attached hydrogens (tertiary/aromatic N) is 2. The Balaban J connectivity index is 1.96. The number of methoxy groups -OCH3 is 1. The van der Waals surface area contributed by atoms with Crippen LogP contribution in [0.3, 0.4) is 0 Å². The Bertz CT molecular complexity index is 769. The number of fused-ring (bicyclic) bond motifs is 2. The SMILES string of the molecule is CCCCCCCCCCCCCCC(=O)N(CCCN(C)C)C(CCCCCOC)C(=O)NC1(C)CC2CC(C)CC(C2)C1. The third-order valence-corrected chi connectivity index (χ3v) is 10.6. The highest BCUT2D eigenvalue weighted by atomic mass is 16.5. The van der Waals surface area contributed by atoms with E-state index in [0.29, 0.717) is 24.8 Å². The molecule has 2 aliphatic carbocycles. The van der Waals surface area contributed by atoms with Crippen LogP contribution in [0.5, 0.6) is 0 Å². The van der Waals surface area contributed by atoms with E-state index in [2.05, 4.69) is 45.1 Å². The largest absolute Gasteiger partial charge is 0.385 e. The second-order valence-corrected chi connectivity index (χ2v) is 15.7. The first-order valence-corrected chi connectivity index (χ1v) is 19.4. The molecular weight excluding hydrogens is 558 g/mol. The zero-order chi connectivity index (χ0) is 32.9. The number of carbonyl (C=O) groups is 2. The predicted molar refractivity (Wildman–Crippen MR) is 190 cm³/mol. The van der Waals surface area contributed by atoms with Crippen molar-refractivity contribution in [3.63, 3.8) is 0 Å². The molecule has 0 saturated heterocycles. The zero-order valence-corrected chi connectivity index (χ0v) is 30.8. The average molecular weight is 634 g/mol. The molecule has 0 radical (unpaired) electrons. The molecule has 0 heterocycles. The molecule has 2 amide bonds. The molecule has 6 nitrogen and oxygen atoms in total. The summed E-state index contributed by atoms with van der Waals surface area (Å²) in [4.78, 5) is 32.2. The van der Waals surface area contributed by atoms with Crippen molar-refractivity contribution in [2.45, 2.75) is 180 Å². The van der Waals surface area contributed by atoms with Crippen molar-refractivity contribution in [2.75, 3.05) is 40.9 Å². The molecular formula is C39H75N3O3. The van der Waals surface area contributed by atoms with Crippen LogP contribution in [0.15, 0.2) is 0 Å². The summed E-state index contributed by atoms with van der Waals surface area (Å²) in [6.45, 7) is 9.28. The zero-order valence-electron chi connectivity index (χ0n) is 30.8. The van der Waals surface area contributed by atoms with Crippen LogP contribution in [-0.2, 0) is 14.3 Å². The van der Waals surface area contributed by atoms with Gasteiger partial charge in [0.15, 0.2) is 0 Å². The second kappa shape index (κ2) is 23.2. The molecule has 0 aliphatic heterocycles. The fraction of sp³-hybridized carbons (Fsp3) is 0.949. The lowest BCUT2D eigenvalue weighted by atomic mass is 9.62. The van der Waals surface area contributed by atoms with Crippen molar-refractivity contribution in [1.82, 2.24) is 15.1 Å². The Morgan fingerprint density at radius 2 is 1.33 bits per heavy atom. The van der Waals surface area contributed by atoms with Gasteiger partial charge in [-0.2, -0.15) is 0 Å². The number of ether oxygens (including phenoxy) is 1. The fourth-order valence-electron chi connectivity index (χ4n) is 8.53. The van der Waals surface area contributed by atoms with E-state index < -0.39 is 0 Å². The Labute approximate surface area is 279 Å². The molecule has 1 N–H and O–H groups in total. The summed E-state index contributed by atoms with van der Waals surface area (Å²) >= 11 is 0. The van der Waals surface area contributed by atoms with Gasteiger partial charge in [-0.3, -0.25) is 9.59 Å². The van der Waals surface area contributed by atoms with Crippen LogP contribution >= 0.6 is 0 Å². The summed E-state index contributed by atoms with van der Waals surface area (Å²) in [5.41, 5.74) is -0.160. The van der Waals surface area contributed by atoms with E-state index in [1.807, 2.05) is 4.90 Å². The molecule has 0 aromatic rings. The van der Waals surface area contributed by atoms with E-state index in [4.69, 9.17) is 4.74 Å². The van der Waals surface area contributed by atoms with E-state index >= 15 is 0 Å². The van der Waals surface area contributed by atoms with Gasteiger partial charge in [-0.05, 0) is 103 Å². The Morgan fingerprint density at radius 3 is 1.89 bits per heavy atom. The van der Waals surface area contributed by atoms with Crippen LogP contribution < -0.4 is 5.32 Å². The van der Waals surface area contributed by atoms with Crippen molar-refractivity contribution in [1.29, 1.82) is 0 Å². The molecule has 2 fully saturated rings. The maximum atomic E-state index is 14.2. The normalized spacial score (nSPS) is 23.7. The molecule has 0 aromatic heterocycles. The number of amides is 2. The minimum atomic E-state index is -0.378. The standard InChI is InChI=1S/C39H75N3O3/c1-7-8-9-10-11-12-13-14-15-16-17-20-24-37(43)42(26-22-25-41(4)5)36(23-19-18-21-27-45-6)38(44)40-39(3)31-34-28-33(2)29-35(30-34)32-39/h33-36H,7-32H2,1-6H3,(H,40,44). The summed E-state index contributed by atoms with van der Waals surface area (Å²) in [5, 5.41) is 3.57. The highest BCUT2D eigenvalue weighted by Gasteiger charge is 2.43. The topological polar surface area (TPSA) is 61.9 Å². The van der Waals surface area contributed by atoms with Gasteiger partial charge >= 0.3 is 0 Å². The maximum absolute atomic E-state index is 14.2. The van der Waals surface area contributed by atoms with Crippen LogP contribution in [0.2, 0.25) is 0 Å². The molecule has 6 heteroatoms. The minimum Gasteiger partial charge on any atom is -0.385 e. The van der Waals surface area contributed by atoms with Gasteiger partial charge in [0.05, 0.1) is 0 Å². The van der Waals surface area contributed by atoms with Crippen molar-refractivity contribution < 1.29 is 14.3 Å². The van der Waals surface area contributed by atoms with Crippen LogP contribution in [0.1, 0.15) is 168 Å². The van der Waals surface area contributed by atoms with E-state index in [1.54, 1.807) is 7.11 Å². The van der Waals surface area contributed by atoms with Gasteiger partial charge in [0, 0.05) is 32.2 Å². The van der Waals surface area contributed by atoms with Crippen LogP contribution in [-0.4, -0.2) is 74.1 Å². The van der Waals surface area contributed by atoms with Crippen molar-refractivity contribution >= 4 is 11.8 Å². The van der Waals surface area contributed by atoms with Crippen molar-refractivity contribution in [2.24, 2.45) is 17.8 Å². The lowest BCUT2D eigenvalue weighted by Gasteiger charge is -2.48. The van der Waals surface area contributed by atoms with Gasteiger partial charge in [0.25, 0.3) is 0 Å². The molecule has 2 bridgehead atoms. The highest BCUT2D eigenvalue weighted by Crippen LogP contribution is 2.46. The van der Waals surface area contributed by atoms with E-state index in [0.717, 1.165) is 76.9 Å². The van der Waals surface area contributed by atoms with Crippen LogP contribution in [0.25, 0.3) is 0 Å². The summed E-state index contributed by atoms with van der Waals surface area (Å²) in [5.74, 6) is 2.50. The number of rotatable bonds is 26. The maximum Gasteiger partial charge on any atom is 0.243 e. The number of hydrogen-bond acceptors (Lipinski definition) is 4.